The molecule has 134 valence electrons. The molecule has 0 amide bonds. The smallest absolute Gasteiger partial charge is 0.165 e. The molecule has 1 aromatic rings. The predicted octanol–water partition coefficient (Wildman–Crippen LogP) is 2.59. The number of rotatable bonds is 2. The van der Waals surface area contributed by atoms with Crippen molar-refractivity contribution in [3.05, 3.63) is 23.3 Å². The average molecular weight is 341 g/mol. The van der Waals surface area contributed by atoms with Crippen molar-refractivity contribution in [1.82, 2.24) is 4.90 Å². The Hall–Kier alpha value is -1.26. The Morgan fingerprint density at radius 1 is 1.24 bits per heavy atom. The van der Waals surface area contributed by atoms with Crippen LogP contribution in [0.4, 0.5) is 0 Å². The van der Waals surface area contributed by atoms with Crippen LogP contribution in [0.25, 0.3) is 0 Å². The summed E-state index contributed by atoms with van der Waals surface area (Å²) in [6.07, 6.45) is 6.39. The monoisotopic (exact) mass is 341 g/mol. The molecule has 2 aliphatic heterocycles. The summed E-state index contributed by atoms with van der Waals surface area (Å²) < 4.78 is 6.39. The fraction of sp³-hybridized carbons (Fsp3) is 0.714. The molecule has 1 aromatic carbocycles. The Labute approximate surface area is 148 Å². The molecule has 1 saturated heterocycles. The number of likely N-dealkylation sites (tertiary alicyclic amines) is 1. The number of piperidine rings is 1. The molecule has 0 unspecified atom stereocenters. The fourth-order valence-corrected chi connectivity index (χ4v) is 6.73. The van der Waals surface area contributed by atoms with E-state index in [1.807, 2.05) is 0 Å². The largest absolute Gasteiger partial charge is 0.504 e. The molecular weight excluding hydrogens is 314 g/mol. The minimum atomic E-state index is -0.719. The lowest BCUT2D eigenvalue weighted by Gasteiger charge is -2.64. The molecule has 2 heterocycles. The van der Waals surface area contributed by atoms with Gasteiger partial charge in [-0.2, -0.15) is 0 Å². The second kappa shape index (κ2) is 4.52. The predicted molar refractivity (Wildman–Crippen MR) is 94.0 cm³/mol. The molecule has 5 aliphatic rings. The molecule has 4 heteroatoms. The maximum Gasteiger partial charge on any atom is 0.165 e. The van der Waals surface area contributed by atoms with Crippen LogP contribution in [0.15, 0.2) is 12.1 Å². The van der Waals surface area contributed by atoms with E-state index in [0.29, 0.717) is 11.7 Å². The van der Waals surface area contributed by atoms with E-state index < -0.39 is 5.60 Å². The molecule has 5 atom stereocenters. The lowest BCUT2D eigenvalue weighted by atomic mass is 9.47. The Balaban J connectivity index is 1.57. The highest BCUT2D eigenvalue weighted by Gasteiger charge is 2.72. The van der Waals surface area contributed by atoms with E-state index in [2.05, 4.69) is 17.9 Å². The molecule has 2 saturated carbocycles. The number of hydrogen-bond acceptors (Lipinski definition) is 4. The van der Waals surface area contributed by atoms with Crippen LogP contribution in [0, 0.1) is 11.8 Å². The molecule has 0 aromatic heterocycles. The number of nitrogens with zero attached hydrogens (tertiary/aromatic N) is 1. The van der Waals surface area contributed by atoms with Gasteiger partial charge in [-0.1, -0.05) is 13.0 Å². The molecule has 3 aliphatic carbocycles. The van der Waals surface area contributed by atoms with Gasteiger partial charge in [-0.25, -0.2) is 0 Å². The van der Waals surface area contributed by atoms with Crippen LogP contribution in [-0.4, -0.2) is 45.9 Å². The molecule has 3 fully saturated rings. The van der Waals surface area contributed by atoms with Crippen molar-refractivity contribution in [2.75, 3.05) is 13.1 Å². The van der Waals surface area contributed by atoms with Gasteiger partial charge in [-0.3, -0.25) is 4.90 Å². The first-order valence-electron chi connectivity index (χ1n) is 10.0. The van der Waals surface area contributed by atoms with Gasteiger partial charge in [0, 0.05) is 18.2 Å². The van der Waals surface area contributed by atoms with Gasteiger partial charge >= 0.3 is 0 Å². The Bertz CT molecular complexity index is 760. The number of hydrogen-bond donors (Lipinski definition) is 2. The summed E-state index contributed by atoms with van der Waals surface area (Å²) in [7, 11) is 0. The van der Waals surface area contributed by atoms with Crippen molar-refractivity contribution in [3.63, 3.8) is 0 Å². The zero-order valence-electron chi connectivity index (χ0n) is 14.9. The van der Waals surface area contributed by atoms with Crippen LogP contribution in [0.1, 0.15) is 50.2 Å². The first-order chi connectivity index (χ1) is 12.0. The highest BCUT2D eigenvalue weighted by atomic mass is 16.5. The van der Waals surface area contributed by atoms with E-state index in [-0.39, 0.29) is 23.3 Å². The standard InChI is InChI=1S/C21H27NO3/c1-12-6-7-21(24)16-10-14-4-5-15(23)18-17(14)20(21,19(12)25-18)8-9-22(16)11-13-2-3-13/h4-5,12-13,16,19,23-24H,2-3,6-11H2,1H3/t12-,16-,19+,20+,21-/m1/s1. The molecule has 1 spiro atoms. The second-order valence-corrected chi connectivity index (χ2v) is 9.31. The SMILES string of the molecule is C[C@@H]1CC[C@@]2(O)[C@H]3Cc4ccc(O)c5c4[C@@]2(CCN3CC2CC2)[C@H]1O5. The summed E-state index contributed by atoms with van der Waals surface area (Å²) in [6, 6.07) is 4.06. The second-order valence-electron chi connectivity index (χ2n) is 9.31. The third-order valence-electron chi connectivity index (χ3n) is 8.06. The number of aromatic hydroxyl groups is 1. The van der Waals surface area contributed by atoms with Crippen molar-refractivity contribution in [3.8, 4) is 11.5 Å². The summed E-state index contributed by atoms with van der Waals surface area (Å²) in [6.45, 7) is 4.44. The topological polar surface area (TPSA) is 52.9 Å². The molecule has 0 radical (unpaired) electrons. The van der Waals surface area contributed by atoms with Crippen molar-refractivity contribution >= 4 is 0 Å². The quantitative estimate of drug-likeness (QED) is 0.868. The van der Waals surface area contributed by atoms with Gasteiger partial charge in [0.25, 0.3) is 0 Å². The molecule has 2 N–H and O–H groups in total. The van der Waals surface area contributed by atoms with E-state index in [0.717, 1.165) is 50.3 Å². The molecule has 2 bridgehead atoms. The van der Waals surface area contributed by atoms with Crippen LogP contribution in [0.2, 0.25) is 0 Å². The first kappa shape index (κ1) is 14.9. The summed E-state index contributed by atoms with van der Waals surface area (Å²) in [5.41, 5.74) is 1.40. The highest BCUT2D eigenvalue weighted by Crippen LogP contribution is 2.66. The van der Waals surface area contributed by atoms with Crippen LogP contribution in [0.5, 0.6) is 11.5 Å². The van der Waals surface area contributed by atoms with Gasteiger partial charge in [0.05, 0.1) is 11.0 Å². The lowest BCUT2D eigenvalue weighted by Crippen LogP contribution is -2.76. The van der Waals surface area contributed by atoms with E-state index in [4.69, 9.17) is 4.74 Å². The number of aliphatic hydroxyl groups is 1. The normalized spacial score (nSPS) is 44.3. The Kier molecular flexibility index (Phi) is 2.69. The van der Waals surface area contributed by atoms with Crippen molar-refractivity contribution in [2.45, 2.75) is 68.6 Å². The minimum Gasteiger partial charge on any atom is -0.504 e. The summed E-state index contributed by atoms with van der Waals surface area (Å²) in [5.74, 6) is 2.17. The number of phenolic OH excluding ortho intramolecular Hbond substituents is 1. The zero-order valence-corrected chi connectivity index (χ0v) is 14.9. The van der Waals surface area contributed by atoms with Crippen LogP contribution in [0.3, 0.4) is 0 Å². The van der Waals surface area contributed by atoms with E-state index in [1.54, 1.807) is 6.07 Å². The number of benzene rings is 1. The molecule has 6 rings (SSSR count). The van der Waals surface area contributed by atoms with Crippen molar-refractivity contribution in [1.29, 1.82) is 0 Å². The number of ether oxygens (including phenoxy) is 1. The van der Waals surface area contributed by atoms with Crippen LogP contribution in [-0.2, 0) is 11.8 Å². The maximum absolute atomic E-state index is 12.1. The number of phenols is 1. The van der Waals surface area contributed by atoms with Crippen molar-refractivity contribution in [2.24, 2.45) is 11.8 Å². The molecule has 25 heavy (non-hydrogen) atoms. The van der Waals surface area contributed by atoms with Gasteiger partial charge in [-0.15, -0.1) is 0 Å². The Morgan fingerprint density at radius 2 is 2.08 bits per heavy atom. The third kappa shape index (κ3) is 1.62. The zero-order chi connectivity index (χ0) is 17.0. The van der Waals surface area contributed by atoms with Gasteiger partial charge in [0.1, 0.15) is 6.10 Å². The Morgan fingerprint density at radius 3 is 2.88 bits per heavy atom. The first-order valence-corrected chi connectivity index (χ1v) is 10.0. The summed E-state index contributed by atoms with van der Waals surface area (Å²) >= 11 is 0. The van der Waals surface area contributed by atoms with Gasteiger partial charge in [0.15, 0.2) is 11.5 Å². The fourth-order valence-electron chi connectivity index (χ4n) is 6.73. The summed E-state index contributed by atoms with van der Waals surface area (Å²) in [4.78, 5) is 2.59. The van der Waals surface area contributed by atoms with Gasteiger partial charge < -0.3 is 14.9 Å². The third-order valence-corrected chi connectivity index (χ3v) is 8.06. The van der Waals surface area contributed by atoms with Gasteiger partial charge in [-0.05, 0) is 68.5 Å². The van der Waals surface area contributed by atoms with E-state index >= 15 is 0 Å². The lowest BCUT2D eigenvalue weighted by molar-refractivity contribution is -0.196. The van der Waals surface area contributed by atoms with E-state index in [1.165, 1.54) is 18.4 Å². The van der Waals surface area contributed by atoms with Gasteiger partial charge in [0.2, 0.25) is 0 Å². The highest BCUT2D eigenvalue weighted by molar-refractivity contribution is 5.62. The van der Waals surface area contributed by atoms with Crippen LogP contribution < -0.4 is 4.74 Å². The van der Waals surface area contributed by atoms with Crippen molar-refractivity contribution < 1.29 is 14.9 Å². The average Bonchev–Trinajstić information content (AvgIpc) is 3.32. The summed E-state index contributed by atoms with van der Waals surface area (Å²) in [5, 5.41) is 22.6. The molecule has 4 nitrogen and oxygen atoms in total. The van der Waals surface area contributed by atoms with Crippen LogP contribution >= 0.6 is 0 Å². The maximum atomic E-state index is 12.1. The minimum absolute atomic E-state index is 0.000764. The van der Waals surface area contributed by atoms with E-state index in [9.17, 15) is 10.2 Å². The molecular formula is C21H27NO3.